The molecule has 5 heteroatoms. The van der Waals surface area contributed by atoms with Crippen molar-refractivity contribution in [3.8, 4) is 0 Å². The molecule has 0 bridgehead atoms. The van der Waals surface area contributed by atoms with Gasteiger partial charge in [-0.1, -0.05) is 6.08 Å². The predicted octanol–water partition coefficient (Wildman–Crippen LogP) is 1.44. The van der Waals surface area contributed by atoms with E-state index in [1.54, 1.807) is 18.2 Å². The van der Waals surface area contributed by atoms with Crippen LogP contribution in [0, 0.1) is 5.41 Å². The molecule has 1 amide bonds. The van der Waals surface area contributed by atoms with Gasteiger partial charge in [-0.15, -0.1) is 0 Å². The highest BCUT2D eigenvalue weighted by atomic mass is 32.2. The van der Waals surface area contributed by atoms with Crippen LogP contribution in [0.25, 0.3) is 0 Å². The summed E-state index contributed by atoms with van der Waals surface area (Å²) >= 11 is 1.12. The molecule has 0 aromatic rings. The van der Waals surface area contributed by atoms with Crippen LogP contribution in [0.5, 0.6) is 0 Å². The summed E-state index contributed by atoms with van der Waals surface area (Å²) in [6.07, 6.45) is 5.42. The molecule has 14 heavy (non-hydrogen) atoms. The predicted molar refractivity (Wildman–Crippen MR) is 55.0 cm³/mol. The fourth-order valence-electron chi connectivity index (χ4n) is 1.25. The number of allylic oxidation sites excluding steroid dienone is 4. The lowest BCUT2D eigenvalue weighted by Crippen LogP contribution is -2.19. The third kappa shape index (κ3) is 1.58. The first kappa shape index (κ1) is 9.08. The summed E-state index contributed by atoms with van der Waals surface area (Å²) in [5, 5.41) is 18.9. The third-order valence-electron chi connectivity index (χ3n) is 1.92. The van der Waals surface area contributed by atoms with Crippen molar-refractivity contribution < 1.29 is 9.90 Å². The lowest BCUT2D eigenvalue weighted by molar-refractivity contribution is -0.115. The summed E-state index contributed by atoms with van der Waals surface area (Å²) in [4.78, 5) is 11.9. The molecule has 2 rings (SSSR count). The maximum absolute atomic E-state index is 11.3. The molecule has 1 fully saturated rings. The first-order chi connectivity index (χ1) is 6.66. The Kier molecular flexibility index (Phi) is 2.17. The molecule has 0 atom stereocenters. The number of hydrogen-bond donors (Lipinski definition) is 3. The molecule has 0 radical (unpaired) electrons. The van der Waals surface area contributed by atoms with Gasteiger partial charge in [0.15, 0.2) is 5.17 Å². The van der Waals surface area contributed by atoms with Crippen LogP contribution in [0.4, 0.5) is 0 Å². The zero-order valence-electron chi connectivity index (χ0n) is 7.20. The first-order valence-electron chi connectivity index (χ1n) is 4.05. The van der Waals surface area contributed by atoms with E-state index in [0.29, 0.717) is 11.3 Å². The second-order valence-electron chi connectivity index (χ2n) is 2.91. The van der Waals surface area contributed by atoms with Crippen molar-refractivity contribution >= 4 is 22.8 Å². The Morgan fingerprint density at radius 3 is 2.79 bits per heavy atom. The summed E-state index contributed by atoms with van der Waals surface area (Å²) in [5.74, 6) is -0.0118. The summed E-state index contributed by atoms with van der Waals surface area (Å²) in [6, 6.07) is 0. The Morgan fingerprint density at radius 2 is 2.29 bits per heavy atom. The Morgan fingerprint density at radius 1 is 1.50 bits per heavy atom. The molecule has 2 aliphatic rings. The first-order valence-corrected chi connectivity index (χ1v) is 4.86. The average Bonchev–Trinajstić information content (AvgIpc) is 2.47. The monoisotopic (exact) mass is 208 g/mol. The van der Waals surface area contributed by atoms with Gasteiger partial charge in [0.05, 0.1) is 4.91 Å². The van der Waals surface area contributed by atoms with E-state index in [1.165, 1.54) is 0 Å². The average molecular weight is 208 g/mol. The minimum atomic E-state index is -0.227. The molecule has 1 heterocycles. The molecule has 0 spiro atoms. The Bertz CT molecular complexity index is 407. The molecule has 0 unspecified atom stereocenters. The van der Waals surface area contributed by atoms with Gasteiger partial charge < -0.3 is 10.4 Å². The highest BCUT2D eigenvalue weighted by molar-refractivity contribution is 8.18. The summed E-state index contributed by atoms with van der Waals surface area (Å²) < 4.78 is 0. The van der Waals surface area contributed by atoms with Crippen LogP contribution in [0.15, 0.2) is 34.5 Å². The minimum absolute atomic E-state index is 0.157. The highest BCUT2D eigenvalue weighted by Gasteiger charge is 2.25. The maximum atomic E-state index is 11.3. The van der Waals surface area contributed by atoms with Crippen molar-refractivity contribution in [1.82, 2.24) is 5.32 Å². The summed E-state index contributed by atoms with van der Waals surface area (Å²) in [5.41, 5.74) is 0.840. The highest BCUT2D eigenvalue weighted by Crippen LogP contribution is 2.30. The molecule has 0 aromatic heterocycles. The zero-order valence-corrected chi connectivity index (χ0v) is 8.02. The van der Waals surface area contributed by atoms with Gasteiger partial charge in [0.1, 0.15) is 5.76 Å². The largest absolute Gasteiger partial charge is 0.508 e. The van der Waals surface area contributed by atoms with E-state index in [4.69, 9.17) is 10.5 Å². The lowest BCUT2D eigenvalue weighted by Gasteiger charge is -2.05. The topological polar surface area (TPSA) is 73.2 Å². The van der Waals surface area contributed by atoms with Gasteiger partial charge in [0, 0.05) is 0 Å². The Labute approximate surface area is 84.9 Å². The van der Waals surface area contributed by atoms with Gasteiger partial charge in [-0.25, -0.2) is 0 Å². The van der Waals surface area contributed by atoms with Crippen LogP contribution < -0.4 is 5.32 Å². The van der Waals surface area contributed by atoms with Crippen molar-refractivity contribution in [2.45, 2.75) is 6.42 Å². The number of rotatable bonds is 0. The molecule has 1 saturated heterocycles. The van der Waals surface area contributed by atoms with E-state index in [2.05, 4.69) is 5.32 Å². The molecular weight excluding hydrogens is 200 g/mol. The molecule has 3 N–H and O–H groups in total. The van der Waals surface area contributed by atoms with Crippen molar-refractivity contribution in [3.05, 3.63) is 34.5 Å². The van der Waals surface area contributed by atoms with Gasteiger partial charge in [0.2, 0.25) is 0 Å². The van der Waals surface area contributed by atoms with Crippen LogP contribution >= 0.6 is 11.8 Å². The van der Waals surface area contributed by atoms with Gasteiger partial charge in [0.25, 0.3) is 5.91 Å². The number of thioether (sulfide) groups is 1. The number of carbonyl (C=O) groups excluding carboxylic acids is 1. The number of carbonyl (C=O) groups is 1. The number of nitrogens with one attached hydrogen (secondary N) is 2. The van der Waals surface area contributed by atoms with Crippen molar-refractivity contribution in [1.29, 1.82) is 5.41 Å². The van der Waals surface area contributed by atoms with Crippen LogP contribution in [0.3, 0.4) is 0 Å². The number of amides is 1. The molecule has 0 saturated carbocycles. The summed E-state index contributed by atoms with van der Waals surface area (Å²) in [6.45, 7) is 0. The van der Waals surface area contributed by atoms with Crippen LogP contribution in [-0.4, -0.2) is 16.2 Å². The van der Waals surface area contributed by atoms with Gasteiger partial charge in [-0.2, -0.15) is 0 Å². The van der Waals surface area contributed by atoms with E-state index >= 15 is 0 Å². The van der Waals surface area contributed by atoms with E-state index in [1.807, 2.05) is 0 Å². The molecule has 0 aromatic carbocycles. The van der Waals surface area contributed by atoms with Crippen molar-refractivity contribution in [2.24, 2.45) is 0 Å². The van der Waals surface area contributed by atoms with E-state index < -0.39 is 0 Å². The minimum Gasteiger partial charge on any atom is -0.508 e. The van der Waals surface area contributed by atoms with E-state index in [9.17, 15) is 4.79 Å². The molecular formula is C9H8N2O2S. The second kappa shape index (κ2) is 3.34. The maximum Gasteiger partial charge on any atom is 0.264 e. The van der Waals surface area contributed by atoms with Crippen molar-refractivity contribution in [2.75, 3.05) is 0 Å². The van der Waals surface area contributed by atoms with Crippen LogP contribution in [-0.2, 0) is 4.79 Å². The fourth-order valence-corrected chi connectivity index (χ4v) is 2.02. The number of aliphatic hydroxyl groups is 1. The molecule has 4 nitrogen and oxygen atoms in total. The standard InChI is InChI=1S/C9H8N2O2S/c10-9-11-8(13)7(14-9)5-1-3-6(12)4-2-5/h1,3-4,12H,2H2,(H2,10,11,13)/b7-5+. The smallest absolute Gasteiger partial charge is 0.264 e. The zero-order chi connectivity index (χ0) is 10.1. The van der Waals surface area contributed by atoms with Gasteiger partial charge >= 0.3 is 0 Å². The molecule has 1 aliphatic carbocycles. The number of hydrogen-bond acceptors (Lipinski definition) is 4. The van der Waals surface area contributed by atoms with Gasteiger partial charge in [-0.05, 0) is 35.9 Å². The molecule has 1 aliphatic heterocycles. The number of amidine groups is 1. The fraction of sp³-hybridized carbons (Fsp3) is 0.111. The SMILES string of the molecule is N=C1NC(=O)/C(=C2/C=CC(O)=CC2)S1. The Balaban J connectivity index is 2.30. The number of aliphatic hydroxyl groups excluding tert-OH is 1. The lowest BCUT2D eigenvalue weighted by atomic mass is 10.1. The van der Waals surface area contributed by atoms with Crippen molar-refractivity contribution in [3.63, 3.8) is 0 Å². The quantitative estimate of drug-likeness (QED) is 0.527. The third-order valence-corrected chi connectivity index (χ3v) is 2.87. The normalized spacial score (nSPS) is 26.4. The van der Waals surface area contributed by atoms with E-state index in [-0.39, 0.29) is 16.8 Å². The van der Waals surface area contributed by atoms with Crippen LogP contribution in [0.2, 0.25) is 0 Å². The molecule has 72 valence electrons. The second-order valence-corrected chi connectivity index (χ2v) is 3.93. The van der Waals surface area contributed by atoms with Gasteiger partial charge in [-0.3, -0.25) is 10.2 Å². The van der Waals surface area contributed by atoms with E-state index in [0.717, 1.165) is 17.3 Å². The Hall–Kier alpha value is -1.49. The summed E-state index contributed by atoms with van der Waals surface area (Å²) in [7, 11) is 0. The van der Waals surface area contributed by atoms with Crippen LogP contribution in [0.1, 0.15) is 6.42 Å².